The molecule has 0 bridgehead atoms. The van der Waals surface area contributed by atoms with Gasteiger partial charge < -0.3 is 0 Å². The van der Waals surface area contributed by atoms with Crippen LogP contribution in [0.2, 0.25) is 0 Å². The molecule has 4 nitrogen and oxygen atoms in total. The maximum atomic E-state index is 12.8. The lowest BCUT2D eigenvalue weighted by atomic mass is 10.0. The third-order valence-electron chi connectivity index (χ3n) is 2.80. The Balaban J connectivity index is 2.31. The molecule has 2 N–H and O–H groups in total. The average molecular weight is 293 g/mol. The molecule has 0 aliphatic rings. The van der Waals surface area contributed by atoms with Gasteiger partial charge in [-0.2, -0.15) is 0 Å². The summed E-state index contributed by atoms with van der Waals surface area (Å²) in [5.74, 6) is -0.743. The fraction of sp³-hybridized carbons (Fsp3) is 0.0714. The molecule has 0 saturated carbocycles. The van der Waals surface area contributed by atoms with Crippen molar-refractivity contribution in [1.29, 1.82) is 0 Å². The highest BCUT2D eigenvalue weighted by molar-refractivity contribution is 7.89. The van der Waals surface area contributed by atoms with Gasteiger partial charge in [-0.3, -0.25) is 4.79 Å². The maximum Gasteiger partial charge on any atom is 0.238 e. The van der Waals surface area contributed by atoms with E-state index in [-0.39, 0.29) is 17.1 Å². The zero-order valence-corrected chi connectivity index (χ0v) is 11.2. The van der Waals surface area contributed by atoms with Gasteiger partial charge >= 0.3 is 0 Å². The van der Waals surface area contributed by atoms with E-state index >= 15 is 0 Å². The fourth-order valence-electron chi connectivity index (χ4n) is 1.84. The molecule has 0 atom stereocenters. The largest absolute Gasteiger partial charge is 0.294 e. The Kier molecular flexibility index (Phi) is 3.96. The number of primary sulfonamides is 1. The molecule has 0 saturated heterocycles. The van der Waals surface area contributed by atoms with Crippen molar-refractivity contribution in [2.75, 3.05) is 0 Å². The van der Waals surface area contributed by atoms with Crippen LogP contribution in [0.5, 0.6) is 0 Å². The Morgan fingerprint density at radius 3 is 2.25 bits per heavy atom. The number of carbonyl (C=O) groups is 1. The molecule has 0 radical (unpaired) electrons. The summed E-state index contributed by atoms with van der Waals surface area (Å²) >= 11 is 0. The van der Waals surface area contributed by atoms with Crippen LogP contribution >= 0.6 is 0 Å². The Labute approximate surface area is 116 Å². The number of sulfonamides is 1. The molecule has 0 aromatic heterocycles. The van der Waals surface area contributed by atoms with Crippen molar-refractivity contribution in [3.63, 3.8) is 0 Å². The number of hydrogen-bond donors (Lipinski definition) is 1. The van der Waals surface area contributed by atoms with E-state index in [1.165, 1.54) is 42.5 Å². The monoisotopic (exact) mass is 293 g/mol. The second kappa shape index (κ2) is 5.52. The normalized spacial score (nSPS) is 11.3. The molecule has 0 spiro atoms. The number of ketones is 1. The Bertz CT molecular complexity index is 739. The third-order valence-corrected chi connectivity index (χ3v) is 3.81. The summed E-state index contributed by atoms with van der Waals surface area (Å²) in [6, 6.07) is 11.1. The van der Waals surface area contributed by atoms with Gasteiger partial charge in [-0.15, -0.1) is 0 Å². The number of Topliss-reactive ketones (excluding diaryl/α,β-unsaturated/α-hetero) is 1. The first kappa shape index (κ1) is 14.4. The van der Waals surface area contributed by atoms with E-state index in [1.54, 1.807) is 6.07 Å². The van der Waals surface area contributed by atoms with Crippen molar-refractivity contribution in [3.8, 4) is 0 Å². The van der Waals surface area contributed by atoms with Crippen LogP contribution in [-0.2, 0) is 16.4 Å². The van der Waals surface area contributed by atoms with E-state index in [2.05, 4.69) is 0 Å². The van der Waals surface area contributed by atoms with E-state index in [9.17, 15) is 17.6 Å². The second-order valence-corrected chi connectivity index (χ2v) is 5.79. The molecule has 2 aromatic rings. The number of carbonyl (C=O) groups excluding carboxylic acids is 1. The van der Waals surface area contributed by atoms with Gasteiger partial charge in [0.15, 0.2) is 5.78 Å². The van der Waals surface area contributed by atoms with Crippen LogP contribution in [0.15, 0.2) is 53.4 Å². The van der Waals surface area contributed by atoms with Crippen molar-refractivity contribution >= 4 is 15.8 Å². The fourth-order valence-corrected chi connectivity index (χ4v) is 2.61. The SMILES string of the molecule is NS(=O)(=O)c1ccccc1CC(=O)c1ccc(F)cc1. The summed E-state index contributed by atoms with van der Waals surface area (Å²) in [5, 5.41) is 5.10. The lowest BCUT2D eigenvalue weighted by Gasteiger charge is -2.07. The minimum atomic E-state index is -3.88. The lowest BCUT2D eigenvalue weighted by molar-refractivity contribution is 0.0992. The standard InChI is InChI=1S/C14H12FNO3S/c15-12-7-5-10(6-8-12)13(17)9-11-3-1-2-4-14(11)20(16,18)19/h1-8H,9H2,(H2,16,18,19). The molecule has 0 aliphatic carbocycles. The molecule has 0 amide bonds. The summed E-state index contributed by atoms with van der Waals surface area (Å²) in [6.45, 7) is 0. The second-order valence-electron chi connectivity index (χ2n) is 4.26. The summed E-state index contributed by atoms with van der Waals surface area (Å²) < 4.78 is 35.7. The predicted molar refractivity (Wildman–Crippen MR) is 72.2 cm³/mol. The number of hydrogen-bond acceptors (Lipinski definition) is 3. The van der Waals surface area contributed by atoms with Gasteiger partial charge in [-0.25, -0.2) is 17.9 Å². The highest BCUT2D eigenvalue weighted by Crippen LogP contribution is 2.16. The first-order valence-corrected chi connectivity index (χ1v) is 7.32. The smallest absolute Gasteiger partial charge is 0.238 e. The van der Waals surface area contributed by atoms with Gasteiger partial charge in [0.2, 0.25) is 10.0 Å². The van der Waals surface area contributed by atoms with Crippen LogP contribution in [0.1, 0.15) is 15.9 Å². The zero-order valence-electron chi connectivity index (χ0n) is 10.4. The van der Waals surface area contributed by atoms with E-state index in [0.717, 1.165) is 0 Å². The quantitative estimate of drug-likeness (QED) is 0.875. The minimum absolute atomic E-state index is 0.0736. The van der Waals surface area contributed by atoms with E-state index in [1.807, 2.05) is 0 Å². The van der Waals surface area contributed by atoms with Crippen LogP contribution in [-0.4, -0.2) is 14.2 Å². The van der Waals surface area contributed by atoms with Crippen LogP contribution in [0, 0.1) is 5.82 Å². The number of benzene rings is 2. The molecule has 104 valence electrons. The zero-order chi connectivity index (χ0) is 14.8. The summed E-state index contributed by atoms with van der Waals surface area (Å²) in [4.78, 5) is 12.0. The first-order valence-electron chi connectivity index (χ1n) is 5.77. The molecular weight excluding hydrogens is 281 g/mol. The lowest BCUT2D eigenvalue weighted by Crippen LogP contribution is -2.16. The highest BCUT2D eigenvalue weighted by atomic mass is 32.2. The average Bonchev–Trinajstić information content (AvgIpc) is 2.38. The maximum absolute atomic E-state index is 12.8. The predicted octanol–water partition coefficient (Wildman–Crippen LogP) is 1.90. The first-order chi connectivity index (χ1) is 9.38. The van der Waals surface area contributed by atoms with Crippen molar-refractivity contribution in [3.05, 3.63) is 65.5 Å². The minimum Gasteiger partial charge on any atom is -0.294 e. The number of rotatable bonds is 4. The van der Waals surface area contributed by atoms with E-state index in [4.69, 9.17) is 5.14 Å². The van der Waals surface area contributed by atoms with Crippen molar-refractivity contribution in [1.82, 2.24) is 0 Å². The molecule has 0 fully saturated rings. The van der Waals surface area contributed by atoms with Gasteiger partial charge in [0.05, 0.1) is 4.90 Å². The van der Waals surface area contributed by atoms with Gasteiger partial charge in [-0.1, -0.05) is 18.2 Å². The summed E-state index contributed by atoms with van der Waals surface area (Å²) in [6.07, 6.45) is -0.113. The Morgan fingerprint density at radius 2 is 1.65 bits per heavy atom. The summed E-state index contributed by atoms with van der Waals surface area (Å²) in [7, 11) is -3.88. The molecular formula is C14H12FNO3S. The molecule has 2 rings (SSSR count). The van der Waals surface area contributed by atoms with Crippen LogP contribution < -0.4 is 5.14 Å². The van der Waals surface area contributed by atoms with Crippen LogP contribution in [0.4, 0.5) is 4.39 Å². The Hall–Kier alpha value is -2.05. The molecule has 0 aliphatic heterocycles. The van der Waals surface area contributed by atoms with E-state index in [0.29, 0.717) is 11.1 Å². The van der Waals surface area contributed by atoms with Gasteiger partial charge in [0, 0.05) is 12.0 Å². The topological polar surface area (TPSA) is 77.2 Å². The van der Waals surface area contributed by atoms with E-state index < -0.39 is 15.8 Å². The van der Waals surface area contributed by atoms with Gasteiger partial charge in [0.25, 0.3) is 0 Å². The van der Waals surface area contributed by atoms with Gasteiger partial charge in [0.1, 0.15) is 5.82 Å². The Morgan fingerprint density at radius 1 is 1.05 bits per heavy atom. The highest BCUT2D eigenvalue weighted by Gasteiger charge is 2.16. The van der Waals surface area contributed by atoms with Crippen molar-refractivity contribution in [2.24, 2.45) is 5.14 Å². The van der Waals surface area contributed by atoms with Crippen LogP contribution in [0.25, 0.3) is 0 Å². The molecule has 0 heterocycles. The molecule has 6 heteroatoms. The summed E-state index contributed by atoms with van der Waals surface area (Å²) in [5.41, 5.74) is 0.639. The molecule has 2 aromatic carbocycles. The van der Waals surface area contributed by atoms with Crippen molar-refractivity contribution in [2.45, 2.75) is 11.3 Å². The third kappa shape index (κ3) is 3.28. The van der Waals surface area contributed by atoms with Crippen LogP contribution in [0.3, 0.4) is 0 Å². The van der Waals surface area contributed by atoms with Crippen molar-refractivity contribution < 1.29 is 17.6 Å². The number of nitrogens with two attached hydrogens (primary N) is 1. The molecule has 20 heavy (non-hydrogen) atoms. The molecule has 0 unspecified atom stereocenters. The number of halogens is 1. The van der Waals surface area contributed by atoms with Gasteiger partial charge in [-0.05, 0) is 35.9 Å².